The topological polar surface area (TPSA) is 47.9 Å². The molecule has 0 saturated carbocycles. The Morgan fingerprint density at radius 3 is 2.63 bits per heavy atom. The van der Waals surface area contributed by atoms with Crippen molar-refractivity contribution in [3.8, 4) is 26.9 Å². The van der Waals surface area contributed by atoms with Gasteiger partial charge in [0, 0.05) is 16.3 Å². The first kappa shape index (κ1) is 20.8. The monoisotopic (exact) mass is 457 g/mol. The van der Waals surface area contributed by atoms with Gasteiger partial charge in [0.25, 0.3) is 0 Å². The third-order valence-electron chi connectivity index (χ3n) is 4.43. The van der Waals surface area contributed by atoms with Crippen molar-refractivity contribution in [3.63, 3.8) is 0 Å². The van der Waals surface area contributed by atoms with Crippen LogP contribution in [0.1, 0.15) is 11.3 Å². The molecule has 4 rings (SSSR count). The molecule has 0 amide bonds. The number of rotatable bonds is 6. The van der Waals surface area contributed by atoms with Crippen LogP contribution >= 0.6 is 34.7 Å². The molecule has 0 bridgehead atoms. The minimum absolute atomic E-state index is 0.316. The lowest BCUT2D eigenvalue weighted by molar-refractivity contribution is 0.416. The first-order valence-corrected chi connectivity index (χ1v) is 11.3. The van der Waals surface area contributed by atoms with Gasteiger partial charge in [0.2, 0.25) is 0 Å². The maximum Gasteiger partial charge on any atom is 0.129 e. The number of hydrogen-bond donors (Lipinski definition) is 0. The molecule has 30 heavy (non-hydrogen) atoms. The Morgan fingerprint density at radius 1 is 1.07 bits per heavy atom. The Hall–Kier alpha value is -2.48. The molecule has 2 aromatic heterocycles. The number of benzene rings is 2. The lowest BCUT2D eigenvalue weighted by Gasteiger charge is -2.05. The summed E-state index contributed by atoms with van der Waals surface area (Å²) < 4.78 is 19.4. The maximum absolute atomic E-state index is 13.9. The lowest BCUT2D eigenvalue weighted by atomic mass is 10.2. The van der Waals surface area contributed by atoms with Gasteiger partial charge in [-0.1, -0.05) is 41.6 Å². The largest absolute Gasteiger partial charge is 0.496 e. The second-order valence-electron chi connectivity index (χ2n) is 6.38. The van der Waals surface area contributed by atoms with E-state index in [0.717, 1.165) is 32.6 Å². The highest BCUT2D eigenvalue weighted by molar-refractivity contribution is 7.98. The van der Waals surface area contributed by atoms with Crippen LogP contribution in [0.5, 0.6) is 5.75 Å². The molecule has 4 aromatic rings. The van der Waals surface area contributed by atoms with Gasteiger partial charge in [-0.2, -0.15) is 0 Å². The fraction of sp³-hybridized carbons (Fsp3) is 0.136. The Bertz CT molecular complexity index is 1160. The van der Waals surface area contributed by atoms with E-state index < -0.39 is 0 Å². The summed E-state index contributed by atoms with van der Waals surface area (Å²) in [6.07, 6.45) is 0. The fourth-order valence-electron chi connectivity index (χ4n) is 2.91. The molecule has 2 heterocycles. The molecule has 0 unspecified atom stereocenters. The van der Waals surface area contributed by atoms with Crippen LogP contribution in [0, 0.1) is 12.7 Å². The number of halogens is 2. The summed E-state index contributed by atoms with van der Waals surface area (Å²) in [4.78, 5) is 5.65. The molecule has 0 saturated heterocycles. The second-order valence-corrected chi connectivity index (χ2v) is 8.78. The van der Waals surface area contributed by atoms with Crippen LogP contribution in [0.2, 0.25) is 5.02 Å². The number of aromatic nitrogens is 3. The summed E-state index contributed by atoms with van der Waals surface area (Å²) in [5.74, 6) is 0.850. The molecule has 0 aliphatic carbocycles. The van der Waals surface area contributed by atoms with Gasteiger partial charge in [-0.3, -0.25) is 0 Å². The van der Waals surface area contributed by atoms with E-state index in [1.807, 2.05) is 43.3 Å². The van der Waals surface area contributed by atoms with Crippen molar-refractivity contribution in [2.45, 2.75) is 17.7 Å². The Labute approximate surface area is 187 Å². The molecule has 0 spiro atoms. The first-order chi connectivity index (χ1) is 14.6. The van der Waals surface area contributed by atoms with Crippen LogP contribution in [0.4, 0.5) is 4.39 Å². The number of aryl methyl sites for hydroxylation is 1. The summed E-state index contributed by atoms with van der Waals surface area (Å²) >= 11 is 9.03. The van der Waals surface area contributed by atoms with Gasteiger partial charge >= 0.3 is 0 Å². The molecule has 0 aliphatic heterocycles. The van der Waals surface area contributed by atoms with E-state index >= 15 is 0 Å². The molecule has 2 aromatic carbocycles. The first-order valence-electron chi connectivity index (χ1n) is 9.07. The molecule has 0 aliphatic rings. The van der Waals surface area contributed by atoms with E-state index in [4.69, 9.17) is 21.3 Å². The molecular formula is C22H17ClFN3OS2. The van der Waals surface area contributed by atoms with E-state index in [-0.39, 0.29) is 5.82 Å². The highest BCUT2D eigenvalue weighted by Crippen LogP contribution is 2.38. The summed E-state index contributed by atoms with van der Waals surface area (Å²) in [5, 5.41) is 10.6. The molecule has 152 valence electrons. The van der Waals surface area contributed by atoms with Crippen molar-refractivity contribution in [1.82, 2.24) is 15.2 Å². The Kier molecular flexibility index (Phi) is 6.32. The third kappa shape index (κ3) is 4.33. The van der Waals surface area contributed by atoms with Crippen molar-refractivity contribution < 1.29 is 9.13 Å². The van der Waals surface area contributed by atoms with Crippen molar-refractivity contribution in [2.75, 3.05) is 7.11 Å². The van der Waals surface area contributed by atoms with Crippen LogP contribution < -0.4 is 4.74 Å². The lowest BCUT2D eigenvalue weighted by Crippen LogP contribution is -1.92. The van der Waals surface area contributed by atoms with E-state index in [2.05, 4.69) is 10.2 Å². The molecule has 0 fully saturated rings. The van der Waals surface area contributed by atoms with Crippen molar-refractivity contribution in [2.24, 2.45) is 0 Å². The molecular weight excluding hydrogens is 441 g/mol. The number of para-hydroxylation sites is 1. The van der Waals surface area contributed by atoms with Crippen LogP contribution in [0.3, 0.4) is 0 Å². The zero-order chi connectivity index (χ0) is 21.1. The zero-order valence-electron chi connectivity index (χ0n) is 16.2. The second kappa shape index (κ2) is 9.12. The van der Waals surface area contributed by atoms with Crippen molar-refractivity contribution in [1.29, 1.82) is 0 Å². The number of hydrogen-bond acceptors (Lipinski definition) is 6. The fourth-order valence-corrected chi connectivity index (χ4v) is 5.12. The minimum Gasteiger partial charge on any atom is -0.496 e. The SMILES string of the molecule is COc1ccccc1-c1nc(C)c(-c2ccc(SCc3c(F)cccc3Cl)nn2)s1. The molecule has 8 heteroatoms. The zero-order valence-corrected chi connectivity index (χ0v) is 18.6. The predicted octanol–water partition coefficient (Wildman–Crippen LogP) is 6.67. The van der Waals surface area contributed by atoms with Gasteiger partial charge in [-0.15, -0.1) is 21.5 Å². The van der Waals surface area contributed by atoms with Crippen LogP contribution in [-0.4, -0.2) is 22.3 Å². The Balaban J connectivity index is 1.54. The van der Waals surface area contributed by atoms with Crippen LogP contribution in [0.25, 0.3) is 21.1 Å². The molecule has 0 radical (unpaired) electrons. The average molecular weight is 458 g/mol. The van der Waals surface area contributed by atoms with Gasteiger partial charge in [0.15, 0.2) is 0 Å². The quantitative estimate of drug-likeness (QED) is 0.302. The standard InChI is InChI=1S/C22H17ClFN3OS2/c1-13-21(30-22(25-13)14-6-3-4-9-19(14)28-2)18-10-11-20(27-26-18)29-12-15-16(23)7-5-8-17(15)24/h3-11H,12H2,1-2H3. The highest BCUT2D eigenvalue weighted by Gasteiger charge is 2.16. The number of thiazole rings is 1. The maximum atomic E-state index is 13.9. The van der Waals surface area contributed by atoms with Crippen LogP contribution in [-0.2, 0) is 5.75 Å². The normalized spacial score (nSPS) is 10.9. The van der Waals surface area contributed by atoms with E-state index in [1.165, 1.54) is 17.8 Å². The summed E-state index contributed by atoms with van der Waals surface area (Å²) in [5.41, 5.74) is 3.05. The van der Waals surface area contributed by atoms with Crippen molar-refractivity contribution >= 4 is 34.7 Å². The number of thioether (sulfide) groups is 1. The van der Waals surface area contributed by atoms with E-state index in [1.54, 1.807) is 30.6 Å². The average Bonchev–Trinajstić information content (AvgIpc) is 3.15. The van der Waals surface area contributed by atoms with Gasteiger partial charge in [-0.25, -0.2) is 9.37 Å². The van der Waals surface area contributed by atoms with Gasteiger partial charge < -0.3 is 4.74 Å². The number of ether oxygens (including phenoxy) is 1. The number of methoxy groups -OCH3 is 1. The Morgan fingerprint density at radius 2 is 1.90 bits per heavy atom. The molecule has 0 N–H and O–H groups in total. The van der Waals surface area contributed by atoms with Gasteiger partial charge in [0.05, 0.1) is 23.2 Å². The highest BCUT2D eigenvalue weighted by atomic mass is 35.5. The summed E-state index contributed by atoms with van der Waals surface area (Å²) in [6.45, 7) is 1.95. The van der Waals surface area contributed by atoms with Gasteiger partial charge in [-0.05, 0) is 43.3 Å². The van der Waals surface area contributed by atoms with Crippen molar-refractivity contribution in [3.05, 3.63) is 76.7 Å². The van der Waals surface area contributed by atoms with E-state index in [0.29, 0.717) is 21.4 Å². The third-order valence-corrected chi connectivity index (χ3v) is 6.95. The smallest absolute Gasteiger partial charge is 0.129 e. The minimum atomic E-state index is -0.316. The summed E-state index contributed by atoms with van der Waals surface area (Å²) in [7, 11) is 1.65. The molecule has 4 nitrogen and oxygen atoms in total. The van der Waals surface area contributed by atoms with Crippen LogP contribution in [0.15, 0.2) is 59.6 Å². The summed E-state index contributed by atoms with van der Waals surface area (Å²) in [6, 6.07) is 16.3. The molecule has 0 atom stereocenters. The van der Waals surface area contributed by atoms with Gasteiger partial charge in [0.1, 0.15) is 27.3 Å². The predicted molar refractivity (Wildman–Crippen MR) is 121 cm³/mol. The number of nitrogens with zero attached hydrogens (tertiary/aromatic N) is 3. The van der Waals surface area contributed by atoms with E-state index in [9.17, 15) is 4.39 Å².